The summed E-state index contributed by atoms with van der Waals surface area (Å²) in [6.07, 6.45) is 5.10. The molecule has 0 amide bonds. The van der Waals surface area contributed by atoms with Crippen molar-refractivity contribution in [3.63, 3.8) is 0 Å². The number of hydrogen-bond donors (Lipinski definition) is 1. The van der Waals surface area contributed by atoms with Crippen molar-refractivity contribution >= 4 is 0 Å². The van der Waals surface area contributed by atoms with Gasteiger partial charge in [-0.1, -0.05) is 25.3 Å². The van der Waals surface area contributed by atoms with Gasteiger partial charge >= 0.3 is 0 Å². The van der Waals surface area contributed by atoms with E-state index in [0.29, 0.717) is 26.2 Å². The summed E-state index contributed by atoms with van der Waals surface area (Å²) in [5.41, 5.74) is 1.90. The summed E-state index contributed by atoms with van der Waals surface area (Å²) < 4.78 is 32.5. The lowest BCUT2D eigenvalue weighted by Crippen LogP contribution is -2.46. The zero-order chi connectivity index (χ0) is 20.5. The Morgan fingerprint density at radius 2 is 1.83 bits per heavy atom. The molecule has 2 heterocycles. The number of rotatable bonds is 5. The quantitative estimate of drug-likeness (QED) is 0.798. The Balaban J connectivity index is 1.38. The maximum atomic E-state index is 13.3. The van der Waals surface area contributed by atoms with Crippen LogP contribution in [0, 0.1) is 0 Å². The Bertz CT molecular complexity index is 696. The second-order valence-electron chi connectivity index (χ2n) is 9.32. The van der Waals surface area contributed by atoms with Crippen LogP contribution in [0.1, 0.15) is 62.0 Å². The molecule has 1 aliphatic carbocycles. The van der Waals surface area contributed by atoms with Crippen LogP contribution >= 0.6 is 0 Å². The fraction of sp³-hybridized carbons (Fsp3) is 0.739. The molecule has 3 aliphatic rings. The van der Waals surface area contributed by atoms with Crippen molar-refractivity contribution in [3.8, 4) is 5.75 Å². The molecule has 4 rings (SSSR count). The van der Waals surface area contributed by atoms with Gasteiger partial charge in [-0.15, -0.1) is 0 Å². The molecule has 0 radical (unpaired) electrons. The van der Waals surface area contributed by atoms with Gasteiger partial charge in [0.2, 0.25) is 0 Å². The number of alkyl halides is 2. The van der Waals surface area contributed by atoms with Crippen LogP contribution in [0.15, 0.2) is 18.2 Å². The highest BCUT2D eigenvalue weighted by molar-refractivity contribution is 5.41. The van der Waals surface area contributed by atoms with Crippen molar-refractivity contribution in [1.29, 1.82) is 0 Å². The van der Waals surface area contributed by atoms with Crippen LogP contribution < -0.4 is 4.74 Å². The van der Waals surface area contributed by atoms with Crippen LogP contribution in [0.5, 0.6) is 5.75 Å². The van der Waals surface area contributed by atoms with Crippen molar-refractivity contribution < 1.29 is 18.6 Å². The Morgan fingerprint density at radius 1 is 1.10 bits per heavy atom. The molecule has 1 aromatic carbocycles. The highest BCUT2D eigenvalue weighted by atomic mass is 19.3. The molecule has 2 aliphatic heterocycles. The van der Waals surface area contributed by atoms with Gasteiger partial charge < -0.3 is 14.7 Å². The summed E-state index contributed by atoms with van der Waals surface area (Å²) in [6, 6.07) is 6.25. The molecule has 0 aromatic heterocycles. The molecule has 1 saturated heterocycles. The van der Waals surface area contributed by atoms with Crippen molar-refractivity contribution in [1.82, 2.24) is 9.80 Å². The molecule has 2 fully saturated rings. The number of nitrogens with zero attached hydrogens (tertiary/aromatic N) is 2. The number of ether oxygens (including phenoxy) is 1. The van der Waals surface area contributed by atoms with E-state index in [1.165, 1.54) is 17.5 Å². The fourth-order valence-electron chi connectivity index (χ4n) is 5.28. The molecule has 1 saturated carbocycles. The molecule has 6 heteroatoms. The van der Waals surface area contributed by atoms with Gasteiger partial charge in [-0.2, -0.15) is 0 Å². The summed E-state index contributed by atoms with van der Waals surface area (Å²) in [6.45, 7) is 3.81. The van der Waals surface area contributed by atoms with Gasteiger partial charge in [-0.3, -0.25) is 4.90 Å². The molecule has 29 heavy (non-hydrogen) atoms. The highest BCUT2D eigenvalue weighted by Gasteiger charge is 2.41. The largest absolute Gasteiger partial charge is 0.492 e. The topological polar surface area (TPSA) is 35.9 Å². The lowest BCUT2D eigenvalue weighted by Gasteiger charge is -2.44. The highest BCUT2D eigenvalue weighted by Crippen LogP contribution is 2.44. The third-order valence-electron chi connectivity index (χ3n) is 7.06. The number of halogens is 2. The first-order valence-electron chi connectivity index (χ1n) is 11.1. The van der Waals surface area contributed by atoms with Gasteiger partial charge in [0.05, 0.1) is 5.60 Å². The molecule has 1 N–H and O–H groups in total. The number of aliphatic hydroxyl groups is 1. The SMILES string of the molecule is CN1Cc2cc(OCCN3CCC(F)(F)CC3)ccc2C(C2(O)CCCCC2)C1. The van der Waals surface area contributed by atoms with Crippen LogP contribution in [-0.4, -0.2) is 66.3 Å². The lowest BCUT2D eigenvalue weighted by molar-refractivity contribution is -0.0564. The summed E-state index contributed by atoms with van der Waals surface area (Å²) in [4.78, 5) is 4.34. The average molecular weight is 409 g/mol. The minimum absolute atomic E-state index is 0.0531. The van der Waals surface area contributed by atoms with E-state index in [-0.39, 0.29) is 18.8 Å². The second kappa shape index (κ2) is 8.48. The first kappa shape index (κ1) is 21.0. The van der Waals surface area contributed by atoms with E-state index in [4.69, 9.17) is 4.74 Å². The molecule has 162 valence electrons. The Labute approximate surface area is 172 Å². The Morgan fingerprint density at radius 3 is 2.55 bits per heavy atom. The van der Waals surface area contributed by atoms with Gasteiger partial charge in [0.25, 0.3) is 5.92 Å². The van der Waals surface area contributed by atoms with Crippen LogP contribution in [0.2, 0.25) is 0 Å². The van der Waals surface area contributed by atoms with Crippen LogP contribution in [0.4, 0.5) is 8.78 Å². The first-order valence-corrected chi connectivity index (χ1v) is 11.1. The van der Waals surface area contributed by atoms with E-state index in [9.17, 15) is 13.9 Å². The van der Waals surface area contributed by atoms with Crippen molar-refractivity contribution in [3.05, 3.63) is 29.3 Å². The van der Waals surface area contributed by atoms with Crippen LogP contribution in [-0.2, 0) is 6.54 Å². The number of likely N-dealkylation sites (N-methyl/N-ethyl adjacent to an activating group) is 1. The average Bonchev–Trinajstić information content (AvgIpc) is 2.69. The minimum Gasteiger partial charge on any atom is -0.492 e. The summed E-state index contributed by atoms with van der Waals surface area (Å²) >= 11 is 0. The zero-order valence-corrected chi connectivity index (χ0v) is 17.5. The van der Waals surface area contributed by atoms with E-state index in [0.717, 1.165) is 44.5 Å². The Kier molecular flexibility index (Phi) is 6.14. The van der Waals surface area contributed by atoms with Gasteiger partial charge in [0.15, 0.2) is 0 Å². The predicted octanol–water partition coefficient (Wildman–Crippen LogP) is 4.02. The van der Waals surface area contributed by atoms with Crippen molar-refractivity contribution in [2.75, 3.05) is 39.8 Å². The van der Waals surface area contributed by atoms with Crippen LogP contribution in [0.3, 0.4) is 0 Å². The minimum atomic E-state index is -2.50. The van der Waals surface area contributed by atoms with Crippen LogP contribution in [0.25, 0.3) is 0 Å². The molecule has 0 bridgehead atoms. The third-order valence-corrected chi connectivity index (χ3v) is 7.06. The van der Waals surface area contributed by atoms with Gasteiger partial charge in [-0.25, -0.2) is 8.78 Å². The zero-order valence-electron chi connectivity index (χ0n) is 17.5. The number of benzene rings is 1. The van der Waals surface area contributed by atoms with Gasteiger partial charge in [0, 0.05) is 51.5 Å². The summed E-state index contributed by atoms with van der Waals surface area (Å²) in [5, 5.41) is 11.3. The number of piperidine rings is 1. The maximum Gasteiger partial charge on any atom is 0.250 e. The van der Waals surface area contributed by atoms with E-state index in [1.54, 1.807) is 0 Å². The maximum absolute atomic E-state index is 13.3. The van der Waals surface area contributed by atoms with E-state index >= 15 is 0 Å². The molecular weight excluding hydrogens is 374 g/mol. The normalized spacial score (nSPS) is 27.4. The third kappa shape index (κ3) is 4.92. The van der Waals surface area contributed by atoms with Crippen molar-refractivity contribution in [2.24, 2.45) is 0 Å². The predicted molar refractivity (Wildman–Crippen MR) is 110 cm³/mol. The van der Waals surface area contributed by atoms with E-state index < -0.39 is 11.5 Å². The number of hydrogen-bond acceptors (Lipinski definition) is 4. The number of likely N-dealkylation sites (tertiary alicyclic amines) is 1. The van der Waals surface area contributed by atoms with E-state index in [1.807, 2.05) is 6.07 Å². The monoisotopic (exact) mass is 408 g/mol. The van der Waals surface area contributed by atoms with E-state index in [2.05, 4.69) is 29.0 Å². The van der Waals surface area contributed by atoms with Gasteiger partial charge in [-0.05, 0) is 43.1 Å². The van der Waals surface area contributed by atoms with Crippen molar-refractivity contribution in [2.45, 2.75) is 68.9 Å². The van der Waals surface area contributed by atoms with Gasteiger partial charge in [0.1, 0.15) is 12.4 Å². The molecule has 0 spiro atoms. The first-order chi connectivity index (χ1) is 13.8. The second-order valence-corrected chi connectivity index (χ2v) is 9.32. The molecule has 1 atom stereocenters. The molecule has 4 nitrogen and oxygen atoms in total. The molecule has 1 aromatic rings. The lowest BCUT2D eigenvalue weighted by atomic mass is 9.70. The number of fused-ring (bicyclic) bond motifs is 1. The standard InChI is InChI=1S/C23H34F2N2O2/c1-26-16-18-15-19(29-14-13-27-11-9-23(24,25)10-12-27)5-6-20(18)21(17-26)22(28)7-3-2-4-8-22/h5-6,15,21,28H,2-4,7-14,16-17H2,1H3. The Hall–Kier alpha value is -1.24. The summed E-state index contributed by atoms with van der Waals surface area (Å²) in [7, 11) is 2.11. The summed E-state index contributed by atoms with van der Waals surface area (Å²) in [5.74, 6) is -1.52. The fourth-order valence-corrected chi connectivity index (χ4v) is 5.28. The molecule has 1 unspecified atom stereocenters. The smallest absolute Gasteiger partial charge is 0.250 e. The molecular formula is C23H34F2N2O2.